The van der Waals surface area contributed by atoms with Gasteiger partial charge in [0.05, 0.1) is 47.9 Å². The number of allylic oxidation sites excluding steroid dienone is 1. The Morgan fingerprint density at radius 1 is 1.35 bits per heavy atom. The number of amides is 2. The van der Waals surface area contributed by atoms with Crippen molar-refractivity contribution in [2.24, 2.45) is 17.8 Å². The molecule has 0 radical (unpaired) electrons. The van der Waals surface area contributed by atoms with Crippen LogP contribution in [-0.4, -0.2) is 76.2 Å². The highest BCUT2D eigenvalue weighted by atomic mass is 79.9. The number of hydrogen-bond acceptors (Lipinski definition) is 6. The Morgan fingerprint density at radius 2 is 2.08 bits per heavy atom. The molecule has 3 aliphatic rings. The van der Waals surface area contributed by atoms with E-state index in [9.17, 15) is 19.5 Å². The number of ether oxygens (including phenoxy) is 2. The average molecular weight is 638 g/mol. The molecule has 40 heavy (non-hydrogen) atoms. The lowest BCUT2D eigenvalue weighted by Gasteiger charge is -2.40. The number of hydrogen-bond donors (Lipinski definition) is 1. The molecule has 218 valence electrons. The molecular formula is C30H38BrClN2O6. The lowest BCUT2D eigenvalue weighted by Crippen LogP contribution is -2.60. The van der Waals surface area contributed by atoms with E-state index in [1.54, 1.807) is 24.3 Å². The summed E-state index contributed by atoms with van der Waals surface area (Å²) in [6.07, 6.45) is 4.40. The second kappa shape index (κ2) is 12.3. The molecule has 3 aliphatic heterocycles. The van der Waals surface area contributed by atoms with Gasteiger partial charge in [-0.2, -0.15) is 0 Å². The summed E-state index contributed by atoms with van der Waals surface area (Å²) >= 11 is 10.3. The highest BCUT2D eigenvalue weighted by Crippen LogP contribution is 2.61. The minimum absolute atomic E-state index is 0.143. The summed E-state index contributed by atoms with van der Waals surface area (Å²) in [5.74, 6) is -3.26. The molecule has 3 unspecified atom stereocenters. The third-order valence-electron chi connectivity index (χ3n) is 8.38. The van der Waals surface area contributed by atoms with Crippen molar-refractivity contribution in [3.05, 3.63) is 54.1 Å². The summed E-state index contributed by atoms with van der Waals surface area (Å²) in [5, 5.41) is 10.8. The van der Waals surface area contributed by atoms with Gasteiger partial charge in [-0.1, -0.05) is 65.7 Å². The Hall–Kier alpha value is -2.20. The third kappa shape index (κ3) is 5.03. The molecule has 0 aromatic heterocycles. The van der Waals surface area contributed by atoms with E-state index in [0.717, 1.165) is 5.56 Å². The minimum Gasteiger partial charge on any atom is -0.465 e. The van der Waals surface area contributed by atoms with E-state index in [-0.39, 0.29) is 36.4 Å². The second-order valence-corrected chi connectivity index (χ2v) is 12.7. The number of nitrogens with zero attached hydrogens (tertiary/aromatic N) is 2. The Balaban J connectivity index is 1.82. The van der Waals surface area contributed by atoms with Crippen molar-refractivity contribution in [3.8, 4) is 0 Å². The zero-order valence-electron chi connectivity index (χ0n) is 23.2. The predicted octanol–water partition coefficient (Wildman–Crippen LogP) is 4.44. The van der Waals surface area contributed by atoms with Gasteiger partial charge in [0.25, 0.3) is 5.91 Å². The van der Waals surface area contributed by atoms with Crippen molar-refractivity contribution >= 4 is 51.0 Å². The number of anilines is 1. The molecule has 1 N–H and O–H groups in total. The number of likely N-dealkylation sites (tertiary alicyclic amines) is 1. The second-order valence-electron chi connectivity index (χ2n) is 11.1. The summed E-state index contributed by atoms with van der Waals surface area (Å²) in [5.41, 5.74) is 0.0213. The smallest absolute Gasteiger partial charge is 0.312 e. The fourth-order valence-corrected chi connectivity index (χ4v) is 7.89. The number of rotatable bonds is 12. The fraction of sp³-hybridized carbons (Fsp3) is 0.567. The summed E-state index contributed by atoms with van der Waals surface area (Å²) in [4.78, 5) is 45.2. The number of para-hydroxylation sites is 1. The number of carbonyl (C=O) groups is 3. The molecule has 1 aromatic carbocycles. The summed E-state index contributed by atoms with van der Waals surface area (Å²) < 4.78 is 12.2. The van der Waals surface area contributed by atoms with Crippen molar-refractivity contribution in [1.82, 2.24) is 4.90 Å². The van der Waals surface area contributed by atoms with Crippen LogP contribution >= 0.6 is 27.5 Å². The molecule has 0 saturated carbocycles. The van der Waals surface area contributed by atoms with Gasteiger partial charge in [0.1, 0.15) is 11.6 Å². The molecule has 0 aliphatic carbocycles. The maximum absolute atomic E-state index is 14.7. The van der Waals surface area contributed by atoms with Crippen molar-refractivity contribution in [3.63, 3.8) is 0 Å². The van der Waals surface area contributed by atoms with Crippen LogP contribution in [0.2, 0.25) is 5.02 Å². The summed E-state index contributed by atoms with van der Waals surface area (Å²) in [7, 11) is 0. The lowest BCUT2D eigenvalue weighted by molar-refractivity contribution is -0.156. The van der Waals surface area contributed by atoms with Gasteiger partial charge in [0, 0.05) is 11.4 Å². The van der Waals surface area contributed by atoms with Gasteiger partial charge < -0.3 is 24.4 Å². The van der Waals surface area contributed by atoms with Gasteiger partial charge in [-0.25, -0.2) is 0 Å². The highest BCUT2D eigenvalue weighted by Gasteiger charge is 2.77. The Bertz CT molecular complexity index is 1160. The first-order valence-corrected chi connectivity index (χ1v) is 15.0. The summed E-state index contributed by atoms with van der Waals surface area (Å²) in [6, 6.07) is 3.62. The first kappa shape index (κ1) is 30.8. The number of esters is 1. The van der Waals surface area contributed by atoms with Crippen molar-refractivity contribution in [1.29, 1.82) is 0 Å². The molecule has 2 bridgehead atoms. The highest BCUT2D eigenvalue weighted by molar-refractivity contribution is 9.09. The largest absolute Gasteiger partial charge is 0.465 e. The Kier molecular flexibility index (Phi) is 9.49. The standard InChI is InChI=1S/C30H38BrClN2O6/c1-6-8-9-14-39-29(38)22-23-27(36)34(21(16-35)17(3)4)26(30(23)15-19(31)25(22)40-30)28(37)33(13-7-2)24-18(5)11-10-12-20(24)32/h6-7,10-12,17,19,21-23,25-26,35H,1-2,8-9,13-16H2,3-5H3/t19?,21-,22-,23-,25-,26?,30?/m0/s1. The number of aliphatic hydroxyl groups excluding tert-OH is 1. The van der Waals surface area contributed by atoms with Crippen LogP contribution in [0.15, 0.2) is 43.5 Å². The molecule has 2 amide bonds. The molecule has 1 aromatic rings. The van der Waals surface area contributed by atoms with Gasteiger partial charge >= 0.3 is 5.97 Å². The maximum atomic E-state index is 14.7. The number of carbonyl (C=O) groups excluding carboxylic acids is 3. The van der Waals surface area contributed by atoms with E-state index < -0.39 is 47.5 Å². The lowest BCUT2D eigenvalue weighted by atomic mass is 9.70. The average Bonchev–Trinajstić information content (AvgIpc) is 3.49. The topological polar surface area (TPSA) is 96.4 Å². The SMILES string of the molecule is C=CCCCOC(=O)[C@H]1[C@H]2C(=O)N([C@@H](CO)C(C)C)C(C(=O)N(CC=C)c3c(C)cccc3Cl)C23CC(Br)[C@@H]1O3. The third-order valence-corrected chi connectivity index (χ3v) is 9.53. The van der Waals surface area contributed by atoms with Crippen LogP contribution < -0.4 is 4.90 Å². The van der Waals surface area contributed by atoms with E-state index in [4.69, 9.17) is 21.1 Å². The van der Waals surface area contributed by atoms with Gasteiger partial charge in [-0.3, -0.25) is 14.4 Å². The molecule has 7 atom stereocenters. The molecular weight excluding hydrogens is 600 g/mol. The van der Waals surface area contributed by atoms with Gasteiger partial charge in [0.15, 0.2) is 0 Å². The Labute approximate surface area is 249 Å². The van der Waals surface area contributed by atoms with Crippen LogP contribution in [0.1, 0.15) is 38.7 Å². The predicted molar refractivity (Wildman–Crippen MR) is 157 cm³/mol. The fourth-order valence-electron chi connectivity index (χ4n) is 6.62. The van der Waals surface area contributed by atoms with Crippen LogP contribution in [0.4, 0.5) is 5.69 Å². The van der Waals surface area contributed by atoms with Crippen molar-refractivity contribution < 1.29 is 29.0 Å². The van der Waals surface area contributed by atoms with E-state index in [2.05, 4.69) is 29.1 Å². The van der Waals surface area contributed by atoms with Crippen LogP contribution in [0.25, 0.3) is 0 Å². The monoisotopic (exact) mass is 636 g/mol. The number of halogens is 2. The number of aliphatic hydroxyl groups is 1. The number of benzene rings is 1. The van der Waals surface area contributed by atoms with Gasteiger partial charge in [-0.15, -0.1) is 13.2 Å². The molecule has 1 spiro atoms. The van der Waals surface area contributed by atoms with E-state index in [1.807, 2.05) is 26.8 Å². The molecule has 3 fully saturated rings. The number of alkyl halides is 1. The van der Waals surface area contributed by atoms with E-state index in [1.165, 1.54) is 9.80 Å². The molecule has 4 rings (SSSR count). The van der Waals surface area contributed by atoms with Crippen molar-refractivity contribution in [2.45, 2.75) is 68.6 Å². The molecule has 8 nitrogen and oxygen atoms in total. The van der Waals surface area contributed by atoms with Gasteiger partial charge in [-0.05, 0) is 43.7 Å². The van der Waals surface area contributed by atoms with E-state index >= 15 is 0 Å². The van der Waals surface area contributed by atoms with Crippen LogP contribution in [0.3, 0.4) is 0 Å². The number of fused-ring (bicyclic) bond motifs is 1. The van der Waals surface area contributed by atoms with Crippen LogP contribution in [0, 0.1) is 24.7 Å². The van der Waals surface area contributed by atoms with E-state index in [0.29, 0.717) is 30.0 Å². The molecule has 3 heterocycles. The van der Waals surface area contributed by atoms with Crippen molar-refractivity contribution in [2.75, 3.05) is 24.7 Å². The number of aryl methyl sites for hydroxylation is 1. The van der Waals surface area contributed by atoms with Crippen LogP contribution in [-0.2, 0) is 23.9 Å². The number of unbranched alkanes of at least 4 members (excludes halogenated alkanes) is 1. The zero-order chi connectivity index (χ0) is 29.4. The van der Waals surface area contributed by atoms with Gasteiger partial charge in [0.2, 0.25) is 5.91 Å². The summed E-state index contributed by atoms with van der Waals surface area (Å²) in [6.45, 7) is 13.2. The quantitative estimate of drug-likeness (QED) is 0.158. The normalized spacial score (nSPS) is 29.4. The first-order chi connectivity index (χ1) is 19.0. The minimum atomic E-state index is -1.28. The van der Waals surface area contributed by atoms with Crippen LogP contribution in [0.5, 0.6) is 0 Å². The first-order valence-electron chi connectivity index (χ1n) is 13.8. The Morgan fingerprint density at radius 3 is 2.67 bits per heavy atom. The molecule has 3 saturated heterocycles. The molecule has 10 heteroatoms. The maximum Gasteiger partial charge on any atom is 0.312 e. The zero-order valence-corrected chi connectivity index (χ0v) is 25.6.